The molecule has 1 aliphatic rings. The summed E-state index contributed by atoms with van der Waals surface area (Å²) in [5.74, 6) is -1.50. The molecule has 0 aromatic carbocycles. The van der Waals surface area contributed by atoms with Gasteiger partial charge in [0.2, 0.25) is 0 Å². The number of carboxylic acid groups (broad SMARTS) is 1. The molecule has 2 atom stereocenters. The van der Waals surface area contributed by atoms with E-state index in [4.69, 9.17) is 5.11 Å². The first-order valence-electron chi connectivity index (χ1n) is 6.72. The number of carboxylic acids is 1. The van der Waals surface area contributed by atoms with Crippen LogP contribution in [0.15, 0.2) is 0 Å². The predicted molar refractivity (Wildman–Crippen MR) is 77.9 cm³/mol. The summed E-state index contributed by atoms with van der Waals surface area (Å²) in [5, 5.41) is 11.5. The summed E-state index contributed by atoms with van der Waals surface area (Å²) in [7, 11) is 0.595. The Balaban J connectivity index is 2.55. The van der Waals surface area contributed by atoms with Gasteiger partial charge >= 0.3 is 12.0 Å². The van der Waals surface area contributed by atoms with Crippen molar-refractivity contribution in [2.75, 3.05) is 39.2 Å². The van der Waals surface area contributed by atoms with E-state index in [9.17, 15) is 18.0 Å². The quantitative estimate of drug-likeness (QED) is 0.664. The summed E-state index contributed by atoms with van der Waals surface area (Å²) in [6.45, 7) is 1.10. The van der Waals surface area contributed by atoms with E-state index in [0.717, 1.165) is 12.7 Å². The molecule has 0 aliphatic carbocycles. The number of nitrogens with one attached hydrogen (secondary N) is 1. The van der Waals surface area contributed by atoms with Crippen molar-refractivity contribution in [1.29, 1.82) is 0 Å². The fraction of sp³-hybridized carbons (Fsp3) is 0.833. The van der Waals surface area contributed by atoms with Gasteiger partial charge in [0.25, 0.3) is 0 Å². The molecule has 1 fully saturated rings. The van der Waals surface area contributed by atoms with E-state index in [0.29, 0.717) is 13.1 Å². The second-order valence-corrected chi connectivity index (χ2v) is 7.87. The van der Waals surface area contributed by atoms with Crippen LogP contribution in [0.3, 0.4) is 0 Å². The lowest BCUT2D eigenvalue weighted by molar-refractivity contribution is -0.139. The predicted octanol–water partition coefficient (Wildman–Crippen LogP) is -0.780. The zero-order valence-corrected chi connectivity index (χ0v) is 13.4. The number of likely N-dealkylation sites (tertiary alicyclic amines) is 1. The lowest BCUT2D eigenvalue weighted by Gasteiger charge is -2.22. The van der Waals surface area contributed by atoms with Crippen LogP contribution in [0.25, 0.3) is 0 Å². The van der Waals surface area contributed by atoms with Gasteiger partial charge in [0.15, 0.2) is 0 Å². The summed E-state index contributed by atoms with van der Waals surface area (Å²) >= 11 is 0. The Morgan fingerprint density at radius 2 is 2.05 bits per heavy atom. The molecule has 1 heterocycles. The number of hydrogen-bond acceptors (Lipinski definition) is 5. The van der Waals surface area contributed by atoms with Crippen LogP contribution in [0, 0.1) is 0 Å². The molecule has 0 aromatic heterocycles. The standard InChI is InChI=1S/C12H23N3O5S/c1-14(2)9-4-6-15(8-9)12(18)13-10(11(16)17)5-7-21(3,19)20/h9-10H,4-8H2,1-3H3,(H,13,18)(H,16,17). The van der Waals surface area contributed by atoms with Crippen LogP contribution in [0.2, 0.25) is 0 Å². The zero-order chi connectivity index (χ0) is 16.2. The monoisotopic (exact) mass is 321 g/mol. The fourth-order valence-corrected chi connectivity index (χ4v) is 2.84. The van der Waals surface area contributed by atoms with Crippen LogP contribution in [-0.4, -0.2) is 86.6 Å². The molecule has 0 radical (unpaired) electrons. The Bertz CT molecular complexity index is 491. The lowest BCUT2D eigenvalue weighted by atomic mass is 10.2. The highest BCUT2D eigenvalue weighted by Gasteiger charge is 2.30. The first kappa shape index (κ1) is 17.7. The number of rotatable bonds is 6. The number of hydrogen-bond donors (Lipinski definition) is 2. The molecule has 8 nitrogen and oxygen atoms in total. The normalized spacial score (nSPS) is 20.6. The lowest BCUT2D eigenvalue weighted by Crippen LogP contribution is -2.48. The van der Waals surface area contributed by atoms with Crippen LogP contribution >= 0.6 is 0 Å². The molecular formula is C12H23N3O5S. The van der Waals surface area contributed by atoms with Gasteiger partial charge in [-0.3, -0.25) is 0 Å². The van der Waals surface area contributed by atoms with Gasteiger partial charge in [-0.05, 0) is 26.9 Å². The molecule has 0 spiro atoms. The van der Waals surface area contributed by atoms with E-state index in [-0.39, 0.29) is 18.2 Å². The zero-order valence-electron chi connectivity index (χ0n) is 12.6. The molecule has 2 amide bonds. The van der Waals surface area contributed by atoms with E-state index < -0.39 is 27.9 Å². The summed E-state index contributed by atoms with van der Waals surface area (Å²) in [6, 6.07) is -1.39. The molecule has 0 bridgehead atoms. The van der Waals surface area contributed by atoms with Gasteiger partial charge in [-0.2, -0.15) is 0 Å². The van der Waals surface area contributed by atoms with Crippen molar-refractivity contribution in [2.24, 2.45) is 0 Å². The van der Waals surface area contributed by atoms with Gasteiger partial charge in [-0.15, -0.1) is 0 Å². The number of carbonyl (C=O) groups is 2. The summed E-state index contributed by atoms with van der Waals surface area (Å²) < 4.78 is 22.2. The van der Waals surface area contributed by atoms with E-state index in [1.807, 2.05) is 19.0 Å². The smallest absolute Gasteiger partial charge is 0.326 e. The van der Waals surface area contributed by atoms with Crippen molar-refractivity contribution >= 4 is 21.8 Å². The van der Waals surface area contributed by atoms with Gasteiger partial charge in [0.05, 0.1) is 5.75 Å². The van der Waals surface area contributed by atoms with Gasteiger partial charge in [0.1, 0.15) is 15.9 Å². The highest BCUT2D eigenvalue weighted by atomic mass is 32.2. The molecule has 2 N–H and O–H groups in total. The minimum Gasteiger partial charge on any atom is -0.480 e. The minimum absolute atomic E-state index is 0.134. The Labute approximate surface area is 125 Å². The maximum absolute atomic E-state index is 12.0. The first-order chi connectivity index (χ1) is 9.60. The summed E-state index contributed by atoms with van der Waals surface area (Å²) in [6.07, 6.45) is 1.74. The number of likely N-dealkylation sites (N-methyl/N-ethyl adjacent to an activating group) is 1. The molecule has 0 saturated carbocycles. The van der Waals surface area contributed by atoms with Gasteiger partial charge in [0, 0.05) is 25.4 Å². The molecule has 2 unspecified atom stereocenters. The van der Waals surface area contributed by atoms with Crippen LogP contribution in [-0.2, 0) is 14.6 Å². The molecule has 122 valence electrons. The Morgan fingerprint density at radius 3 is 2.48 bits per heavy atom. The number of carbonyl (C=O) groups excluding carboxylic acids is 1. The van der Waals surface area contributed by atoms with Crippen LogP contribution < -0.4 is 5.32 Å². The second kappa shape index (κ2) is 7.08. The molecule has 1 saturated heterocycles. The van der Waals surface area contributed by atoms with Gasteiger partial charge in [-0.25, -0.2) is 18.0 Å². The molecule has 21 heavy (non-hydrogen) atoms. The van der Waals surface area contributed by atoms with Crippen molar-refractivity contribution in [2.45, 2.75) is 24.9 Å². The van der Waals surface area contributed by atoms with Crippen molar-refractivity contribution in [3.63, 3.8) is 0 Å². The minimum atomic E-state index is -3.26. The van der Waals surface area contributed by atoms with Gasteiger partial charge in [-0.1, -0.05) is 0 Å². The van der Waals surface area contributed by atoms with E-state index in [1.165, 1.54) is 0 Å². The van der Waals surface area contributed by atoms with E-state index in [1.54, 1.807) is 4.90 Å². The van der Waals surface area contributed by atoms with Crippen molar-refractivity contribution < 1.29 is 23.1 Å². The fourth-order valence-electron chi connectivity index (χ4n) is 2.18. The third-order valence-corrected chi connectivity index (χ3v) is 4.53. The molecular weight excluding hydrogens is 298 g/mol. The molecule has 0 aromatic rings. The molecule has 1 rings (SSSR count). The first-order valence-corrected chi connectivity index (χ1v) is 8.78. The maximum atomic E-state index is 12.0. The second-order valence-electron chi connectivity index (χ2n) is 5.61. The Kier molecular flexibility index (Phi) is 5.97. The van der Waals surface area contributed by atoms with Crippen molar-refractivity contribution in [1.82, 2.24) is 15.1 Å². The average molecular weight is 321 g/mol. The number of urea groups is 1. The van der Waals surface area contributed by atoms with Crippen LogP contribution in [0.4, 0.5) is 4.79 Å². The molecule has 9 heteroatoms. The van der Waals surface area contributed by atoms with Crippen LogP contribution in [0.5, 0.6) is 0 Å². The highest BCUT2D eigenvalue weighted by Crippen LogP contribution is 2.13. The van der Waals surface area contributed by atoms with E-state index >= 15 is 0 Å². The third kappa shape index (κ3) is 5.88. The molecule has 1 aliphatic heterocycles. The average Bonchev–Trinajstić information content (AvgIpc) is 2.82. The largest absolute Gasteiger partial charge is 0.480 e. The van der Waals surface area contributed by atoms with Crippen LogP contribution in [0.1, 0.15) is 12.8 Å². The number of aliphatic carboxylic acids is 1. The number of nitrogens with zero attached hydrogens (tertiary/aromatic N) is 2. The van der Waals surface area contributed by atoms with Crippen molar-refractivity contribution in [3.05, 3.63) is 0 Å². The summed E-state index contributed by atoms with van der Waals surface area (Å²) in [4.78, 5) is 26.7. The SMILES string of the molecule is CN(C)C1CCN(C(=O)NC(CCS(C)(=O)=O)C(=O)O)C1. The number of amides is 2. The van der Waals surface area contributed by atoms with E-state index in [2.05, 4.69) is 5.32 Å². The Hall–Kier alpha value is -1.35. The number of sulfone groups is 1. The summed E-state index contributed by atoms with van der Waals surface area (Å²) in [5.41, 5.74) is 0. The highest BCUT2D eigenvalue weighted by molar-refractivity contribution is 7.90. The Morgan fingerprint density at radius 1 is 1.43 bits per heavy atom. The topological polar surface area (TPSA) is 107 Å². The van der Waals surface area contributed by atoms with Crippen molar-refractivity contribution in [3.8, 4) is 0 Å². The van der Waals surface area contributed by atoms with Gasteiger partial charge < -0.3 is 20.2 Å². The third-order valence-electron chi connectivity index (χ3n) is 3.55. The maximum Gasteiger partial charge on any atom is 0.326 e.